The molecular formula is C43H69N2+. The van der Waals surface area contributed by atoms with Crippen LogP contribution in [0.1, 0.15) is 178 Å². The van der Waals surface area contributed by atoms with Crippen molar-refractivity contribution >= 4 is 0 Å². The summed E-state index contributed by atoms with van der Waals surface area (Å²) >= 11 is 0. The van der Waals surface area contributed by atoms with Gasteiger partial charge in [0.15, 0.2) is 0 Å². The number of hydrogen-bond donors (Lipinski definition) is 0. The second-order valence-electron chi connectivity index (χ2n) is 13.9. The largest absolute Gasteiger partial charge is 0.256 e. The van der Waals surface area contributed by atoms with E-state index in [9.17, 15) is 0 Å². The van der Waals surface area contributed by atoms with E-state index >= 15 is 0 Å². The molecule has 3 aromatic rings. The van der Waals surface area contributed by atoms with E-state index in [-0.39, 0.29) is 0 Å². The summed E-state index contributed by atoms with van der Waals surface area (Å²) < 4.78 is 5.27. The van der Waals surface area contributed by atoms with Crippen LogP contribution in [0.5, 0.6) is 0 Å². The highest BCUT2D eigenvalue weighted by Gasteiger charge is 2.23. The van der Waals surface area contributed by atoms with Gasteiger partial charge in [0.2, 0.25) is 0 Å². The Hall–Kier alpha value is -2.35. The summed E-state index contributed by atoms with van der Waals surface area (Å²) in [6.07, 6.45) is 34.7. The number of benzene rings is 2. The molecule has 3 rings (SSSR count). The maximum absolute atomic E-state index is 2.65. The Kier molecular flexibility index (Phi) is 19.7. The van der Waals surface area contributed by atoms with Crippen molar-refractivity contribution in [3.8, 4) is 0 Å². The molecular weight excluding hydrogens is 544 g/mol. The average Bonchev–Trinajstić information content (AvgIpc) is 3.48. The Labute approximate surface area is 279 Å². The van der Waals surface area contributed by atoms with Crippen LogP contribution in [0.15, 0.2) is 73.1 Å². The number of nitrogens with zero attached hydrogens (tertiary/aromatic N) is 2. The Morgan fingerprint density at radius 2 is 1.09 bits per heavy atom. The number of unbranched alkanes of at least 4 members (excludes halogenated alkanes) is 16. The van der Waals surface area contributed by atoms with E-state index in [1.54, 1.807) is 5.82 Å². The normalized spacial score (nSPS) is 12.9. The molecule has 0 aliphatic rings. The van der Waals surface area contributed by atoms with Gasteiger partial charge in [-0.1, -0.05) is 171 Å². The molecule has 1 heterocycles. The molecule has 2 aromatic carbocycles. The first kappa shape index (κ1) is 37.1. The van der Waals surface area contributed by atoms with Crippen LogP contribution in [0, 0.1) is 0 Å². The van der Waals surface area contributed by atoms with Crippen molar-refractivity contribution < 1.29 is 4.57 Å². The van der Waals surface area contributed by atoms with Crippen molar-refractivity contribution in [3.05, 3.63) is 90.0 Å². The molecule has 0 saturated heterocycles. The van der Waals surface area contributed by atoms with Gasteiger partial charge >= 0.3 is 0 Å². The van der Waals surface area contributed by atoms with E-state index in [0.29, 0.717) is 12.0 Å². The third-order valence-corrected chi connectivity index (χ3v) is 10.1. The SMILES string of the molecule is CCCCCCCCCCCCCC[n+]1ccn(C(C)CCCCCCCC)c1CCC(Cc1ccccc1)c1ccccc1. The quantitative estimate of drug-likeness (QED) is 0.0597. The predicted molar refractivity (Wildman–Crippen MR) is 196 cm³/mol. The topological polar surface area (TPSA) is 8.81 Å². The standard InChI is InChI=1S/C43H69N2/c1-4-6-8-10-12-13-14-15-16-17-19-27-35-44-36-37-45(39(3)28-22-18-11-9-7-5-2)43(44)34-33-42(41-31-25-21-26-32-41)38-40-29-23-20-24-30-40/h20-21,23-26,29-32,36-37,39,42H,4-19,22,27-28,33-35,38H2,1-3H3/q+1. The number of imidazole rings is 1. The fourth-order valence-corrected chi connectivity index (χ4v) is 7.15. The Morgan fingerprint density at radius 1 is 0.578 bits per heavy atom. The van der Waals surface area contributed by atoms with Crippen LogP contribution in [0.25, 0.3) is 0 Å². The molecule has 0 radical (unpaired) electrons. The van der Waals surface area contributed by atoms with E-state index in [1.165, 1.54) is 140 Å². The van der Waals surface area contributed by atoms with Gasteiger partial charge in [-0.15, -0.1) is 0 Å². The second kappa shape index (κ2) is 23.9. The summed E-state index contributed by atoms with van der Waals surface area (Å²) in [7, 11) is 0. The van der Waals surface area contributed by atoms with Crippen molar-refractivity contribution in [3.63, 3.8) is 0 Å². The Balaban J connectivity index is 1.56. The van der Waals surface area contributed by atoms with Crippen molar-refractivity contribution in [2.24, 2.45) is 0 Å². The summed E-state index contributed by atoms with van der Waals surface area (Å²) in [5.74, 6) is 2.08. The molecule has 0 N–H and O–H groups in total. The van der Waals surface area contributed by atoms with Crippen molar-refractivity contribution in [2.45, 2.75) is 181 Å². The Bertz CT molecular complexity index is 1090. The molecule has 2 unspecified atom stereocenters. The molecule has 0 fully saturated rings. The summed E-state index contributed by atoms with van der Waals surface area (Å²) in [4.78, 5) is 0. The molecule has 0 saturated carbocycles. The molecule has 0 bridgehead atoms. The minimum absolute atomic E-state index is 0.533. The minimum Gasteiger partial charge on any atom is -0.234 e. The molecule has 2 nitrogen and oxygen atoms in total. The van der Waals surface area contributed by atoms with E-state index in [0.717, 1.165) is 19.4 Å². The fraction of sp³-hybridized carbons (Fsp3) is 0.651. The van der Waals surface area contributed by atoms with Crippen LogP contribution in [0.3, 0.4) is 0 Å². The first-order valence-electron chi connectivity index (χ1n) is 19.4. The van der Waals surface area contributed by atoms with Gasteiger partial charge < -0.3 is 0 Å². The van der Waals surface area contributed by atoms with Gasteiger partial charge in [-0.25, -0.2) is 9.13 Å². The smallest absolute Gasteiger partial charge is 0.234 e. The van der Waals surface area contributed by atoms with Gasteiger partial charge in [0.25, 0.3) is 5.82 Å². The zero-order valence-corrected chi connectivity index (χ0v) is 29.7. The van der Waals surface area contributed by atoms with Crippen molar-refractivity contribution in [1.82, 2.24) is 4.57 Å². The monoisotopic (exact) mass is 614 g/mol. The summed E-state index contributed by atoms with van der Waals surface area (Å²) in [5.41, 5.74) is 2.93. The maximum atomic E-state index is 2.65. The molecule has 0 amide bonds. The van der Waals surface area contributed by atoms with Crippen LogP contribution < -0.4 is 4.57 Å². The first-order chi connectivity index (χ1) is 22.2. The molecule has 0 aliphatic heterocycles. The summed E-state index contributed by atoms with van der Waals surface area (Å²) in [6.45, 7) is 8.24. The van der Waals surface area contributed by atoms with Crippen LogP contribution in [0.2, 0.25) is 0 Å². The van der Waals surface area contributed by atoms with Crippen LogP contribution in [0.4, 0.5) is 0 Å². The lowest BCUT2D eigenvalue weighted by molar-refractivity contribution is -0.704. The van der Waals surface area contributed by atoms with Crippen molar-refractivity contribution in [2.75, 3.05) is 0 Å². The second-order valence-corrected chi connectivity index (χ2v) is 13.9. The zero-order valence-electron chi connectivity index (χ0n) is 29.7. The Morgan fingerprint density at radius 3 is 1.67 bits per heavy atom. The zero-order chi connectivity index (χ0) is 31.8. The number of hydrogen-bond acceptors (Lipinski definition) is 0. The highest BCUT2D eigenvalue weighted by atomic mass is 15.2. The predicted octanol–water partition coefficient (Wildman–Crippen LogP) is 12.7. The third kappa shape index (κ3) is 15.2. The van der Waals surface area contributed by atoms with E-state index < -0.39 is 0 Å². The molecule has 2 heteroatoms. The average molecular weight is 614 g/mol. The fourth-order valence-electron chi connectivity index (χ4n) is 7.15. The lowest BCUT2D eigenvalue weighted by atomic mass is 9.88. The molecule has 2 atom stereocenters. The molecule has 45 heavy (non-hydrogen) atoms. The molecule has 0 aliphatic carbocycles. The van der Waals surface area contributed by atoms with Crippen molar-refractivity contribution in [1.29, 1.82) is 0 Å². The van der Waals surface area contributed by atoms with Gasteiger partial charge in [0.05, 0.1) is 12.6 Å². The number of aryl methyl sites for hydroxylation is 1. The highest BCUT2D eigenvalue weighted by molar-refractivity contribution is 5.24. The van der Waals surface area contributed by atoms with Gasteiger partial charge in [0.1, 0.15) is 12.4 Å². The number of rotatable bonds is 27. The molecule has 250 valence electrons. The van der Waals surface area contributed by atoms with Gasteiger partial charge in [0, 0.05) is 6.42 Å². The maximum Gasteiger partial charge on any atom is 0.256 e. The van der Waals surface area contributed by atoms with E-state index in [2.05, 4.69) is 103 Å². The minimum atomic E-state index is 0.533. The van der Waals surface area contributed by atoms with Crippen LogP contribution >= 0.6 is 0 Å². The lowest BCUT2D eigenvalue weighted by Gasteiger charge is -2.18. The van der Waals surface area contributed by atoms with E-state index in [4.69, 9.17) is 0 Å². The first-order valence-corrected chi connectivity index (χ1v) is 19.4. The number of aromatic nitrogens is 2. The molecule has 0 spiro atoms. The van der Waals surface area contributed by atoms with E-state index in [1.807, 2.05) is 0 Å². The van der Waals surface area contributed by atoms with Crippen LogP contribution in [-0.4, -0.2) is 4.57 Å². The van der Waals surface area contributed by atoms with Crippen LogP contribution in [-0.2, 0) is 19.4 Å². The summed E-state index contributed by atoms with van der Waals surface area (Å²) in [5, 5.41) is 0. The molecule has 1 aromatic heterocycles. The third-order valence-electron chi connectivity index (χ3n) is 10.1. The van der Waals surface area contributed by atoms with Gasteiger partial charge in [-0.2, -0.15) is 0 Å². The lowest BCUT2D eigenvalue weighted by Crippen LogP contribution is -2.38. The van der Waals surface area contributed by atoms with Gasteiger partial charge in [-0.3, -0.25) is 0 Å². The highest BCUT2D eigenvalue weighted by Crippen LogP contribution is 2.27. The van der Waals surface area contributed by atoms with Gasteiger partial charge in [-0.05, 0) is 62.5 Å². The summed E-state index contributed by atoms with van der Waals surface area (Å²) in [6, 6.07) is 23.0.